The van der Waals surface area contributed by atoms with E-state index in [0.717, 1.165) is 35.2 Å². The monoisotopic (exact) mass is 555 g/mol. The fourth-order valence-electron chi connectivity index (χ4n) is 6.31. The molecule has 0 bridgehead atoms. The van der Waals surface area contributed by atoms with Crippen LogP contribution in [0.15, 0.2) is 96.0 Å². The number of aliphatic imine (C=N–C) groups is 1. The molecule has 0 saturated carbocycles. The average Bonchev–Trinajstić information content (AvgIpc) is 3.49. The van der Waals surface area contributed by atoms with Crippen molar-refractivity contribution in [3.05, 3.63) is 108 Å². The highest BCUT2D eigenvalue weighted by molar-refractivity contribution is 5.92. The zero-order valence-corrected chi connectivity index (χ0v) is 24.7. The number of unbranched alkanes of at least 4 members (excludes halogenated alkanes) is 5. The van der Waals surface area contributed by atoms with Crippen molar-refractivity contribution in [1.29, 1.82) is 0 Å². The van der Waals surface area contributed by atoms with Gasteiger partial charge < -0.3 is 19.3 Å². The van der Waals surface area contributed by atoms with Gasteiger partial charge in [0.25, 0.3) is 0 Å². The Kier molecular flexibility index (Phi) is 9.72. The van der Waals surface area contributed by atoms with Crippen LogP contribution >= 0.6 is 0 Å². The largest absolute Gasteiger partial charge is 0.388 e. The van der Waals surface area contributed by atoms with Crippen molar-refractivity contribution in [2.75, 3.05) is 6.61 Å². The molecular formula is C36H45NO4. The number of aliphatic hydroxyl groups excluding tert-OH is 1. The van der Waals surface area contributed by atoms with Gasteiger partial charge in [-0.05, 0) is 43.4 Å². The maximum Gasteiger partial charge on any atom is 0.164 e. The first-order chi connectivity index (χ1) is 19.9. The summed E-state index contributed by atoms with van der Waals surface area (Å²) in [5.74, 6) is -0.710. The third kappa shape index (κ3) is 6.65. The van der Waals surface area contributed by atoms with Gasteiger partial charge in [-0.1, -0.05) is 130 Å². The average molecular weight is 556 g/mol. The molecule has 3 aromatic carbocycles. The van der Waals surface area contributed by atoms with E-state index < -0.39 is 23.5 Å². The van der Waals surface area contributed by atoms with Crippen molar-refractivity contribution in [3.8, 4) is 0 Å². The summed E-state index contributed by atoms with van der Waals surface area (Å²) in [6, 6.07) is 30.3. The van der Waals surface area contributed by atoms with E-state index in [1.165, 1.54) is 32.1 Å². The van der Waals surface area contributed by atoms with Gasteiger partial charge in [0.2, 0.25) is 0 Å². The highest BCUT2D eigenvalue weighted by atomic mass is 16.8. The van der Waals surface area contributed by atoms with Gasteiger partial charge >= 0.3 is 0 Å². The van der Waals surface area contributed by atoms with Crippen molar-refractivity contribution in [1.82, 2.24) is 0 Å². The minimum atomic E-state index is -0.903. The van der Waals surface area contributed by atoms with Crippen LogP contribution in [-0.4, -0.2) is 47.6 Å². The molecule has 41 heavy (non-hydrogen) atoms. The minimum Gasteiger partial charge on any atom is -0.388 e. The Morgan fingerprint density at radius 1 is 0.780 bits per heavy atom. The minimum absolute atomic E-state index is 0.0875. The van der Waals surface area contributed by atoms with E-state index in [1.807, 2.05) is 68.4 Å². The maximum absolute atomic E-state index is 11.7. The summed E-state index contributed by atoms with van der Waals surface area (Å²) in [6.45, 7) is 6.22. The Labute approximate surface area is 245 Å². The molecule has 0 unspecified atom stereocenters. The second-order valence-electron chi connectivity index (χ2n) is 11.8. The molecule has 1 fully saturated rings. The van der Waals surface area contributed by atoms with Crippen LogP contribution in [0.1, 0.15) is 82.4 Å². The van der Waals surface area contributed by atoms with Crippen LogP contribution in [0.25, 0.3) is 0 Å². The topological polar surface area (TPSA) is 60.3 Å². The number of aliphatic hydroxyl groups is 1. The van der Waals surface area contributed by atoms with Crippen LogP contribution in [0, 0.1) is 0 Å². The number of benzene rings is 3. The molecule has 4 atom stereocenters. The van der Waals surface area contributed by atoms with E-state index >= 15 is 0 Å². The first-order valence-electron chi connectivity index (χ1n) is 15.4. The summed E-state index contributed by atoms with van der Waals surface area (Å²) in [5.41, 5.74) is 3.12. The van der Waals surface area contributed by atoms with E-state index in [-0.39, 0.29) is 18.8 Å². The zero-order valence-electron chi connectivity index (χ0n) is 24.7. The fourth-order valence-corrected chi connectivity index (χ4v) is 6.31. The molecule has 0 amide bonds. The Hall–Kier alpha value is -2.83. The van der Waals surface area contributed by atoms with Gasteiger partial charge in [0.15, 0.2) is 5.79 Å². The Balaban J connectivity index is 1.40. The molecule has 5 nitrogen and oxygen atoms in total. The van der Waals surface area contributed by atoms with E-state index in [2.05, 4.69) is 43.3 Å². The molecule has 0 radical (unpaired) electrons. The molecule has 1 saturated heterocycles. The molecule has 5 heteroatoms. The van der Waals surface area contributed by atoms with Crippen LogP contribution in [-0.2, 0) is 19.8 Å². The second-order valence-corrected chi connectivity index (χ2v) is 11.8. The van der Waals surface area contributed by atoms with Crippen molar-refractivity contribution < 1.29 is 19.3 Å². The second kappa shape index (κ2) is 13.4. The van der Waals surface area contributed by atoms with Crippen molar-refractivity contribution in [3.63, 3.8) is 0 Å². The van der Waals surface area contributed by atoms with E-state index in [9.17, 15) is 5.11 Å². The lowest BCUT2D eigenvalue weighted by molar-refractivity contribution is -0.150. The highest BCUT2D eigenvalue weighted by Crippen LogP contribution is 2.42. The molecule has 0 spiro atoms. The Morgan fingerprint density at radius 3 is 1.83 bits per heavy atom. The number of nitrogens with zero attached hydrogens (tertiary/aromatic N) is 1. The van der Waals surface area contributed by atoms with Gasteiger partial charge in [-0.15, -0.1) is 0 Å². The Bertz CT molecular complexity index is 1150. The molecule has 0 aliphatic carbocycles. The lowest BCUT2D eigenvalue weighted by Crippen LogP contribution is -2.43. The summed E-state index contributed by atoms with van der Waals surface area (Å²) >= 11 is 0. The normalized spacial score (nSPS) is 22.3. The first kappa shape index (κ1) is 29.7. The molecule has 2 aliphatic rings. The van der Waals surface area contributed by atoms with Crippen LogP contribution in [0.3, 0.4) is 0 Å². The summed E-state index contributed by atoms with van der Waals surface area (Å²) in [4.78, 5) is 5.03. The van der Waals surface area contributed by atoms with Gasteiger partial charge in [0, 0.05) is 5.71 Å². The lowest BCUT2D eigenvalue weighted by atomic mass is 9.80. The van der Waals surface area contributed by atoms with Crippen molar-refractivity contribution >= 4 is 5.71 Å². The quantitative estimate of drug-likeness (QED) is 0.166. The number of fused-ring (bicyclic) bond motifs is 1. The molecule has 1 N–H and O–H groups in total. The molecule has 3 aromatic rings. The highest BCUT2D eigenvalue weighted by Gasteiger charge is 2.53. The standard InChI is InChI=1S/C36H45NO4/c1-4-5-6-7-8-18-25-30-33-34(41-35(2,3)40-33)32(37-30)31(38)26-39-36(27-19-12-9-13-20-27,28-21-14-10-15-22-28)29-23-16-11-17-24-29/h9-17,19-24,31-34,38H,4-8,18,25-26H2,1-3H3/t31-,32+,33-,34+/m1/s1. The van der Waals surface area contributed by atoms with Gasteiger partial charge in [-0.2, -0.15) is 0 Å². The summed E-state index contributed by atoms with van der Waals surface area (Å²) < 4.78 is 19.6. The SMILES string of the molecule is CCCCCCCCC1=N[C@@H]([C@H](O)COC(c2ccccc2)(c2ccccc2)c2ccccc2)[C@@H]2OC(C)(C)O[C@H]12. The van der Waals surface area contributed by atoms with Crippen LogP contribution in [0.5, 0.6) is 0 Å². The van der Waals surface area contributed by atoms with Crippen LogP contribution in [0.4, 0.5) is 0 Å². The predicted molar refractivity (Wildman–Crippen MR) is 164 cm³/mol. The third-order valence-electron chi connectivity index (χ3n) is 8.30. The van der Waals surface area contributed by atoms with E-state index in [0.29, 0.717) is 0 Å². The van der Waals surface area contributed by atoms with Gasteiger partial charge in [-0.3, -0.25) is 4.99 Å². The summed E-state index contributed by atoms with van der Waals surface area (Å²) in [7, 11) is 0. The maximum atomic E-state index is 11.7. The van der Waals surface area contributed by atoms with Crippen LogP contribution < -0.4 is 0 Å². The molecule has 2 aliphatic heterocycles. The van der Waals surface area contributed by atoms with Crippen molar-refractivity contribution in [2.45, 2.75) is 101 Å². The zero-order chi connectivity index (χ0) is 28.7. The number of hydrogen-bond acceptors (Lipinski definition) is 5. The van der Waals surface area contributed by atoms with Gasteiger partial charge in [-0.25, -0.2) is 0 Å². The molecule has 5 rings (SSSR count). The smallest absolute Gasteiger partial charge is 0.164 e. The predicted octanol–water partition coefficient (Wildman–Crippen LogP) is 7.45. The van der Waals surface area contributed by atoms with Crippen molar-refractivity contribution in [2.24, 2.45) is 4.99 Å². The Morgan fingerprint density at radius 2 is 1.29 bits per heavy atom. The molecular weight excluding hydrogens is 510 g/mol. The number of rotatable bonds is 14. The van der Waals surface area contributed by atoms with Gasteiger partial charge in [0.05, 0.1) is 6.61 Å². The van der Waals surface area contributed by atoms with Gasteiger partial charge in [0.1, 0.15) is 30.0 Å². The molecule has 218 valence electrons. The summed E-state index contributed by atoms with van der Waals surface area (Å²) in [6.07, 6.45) is 6.81. The number of ether oxygens (including phenoxy) is 3. The third-order valence-corrected chi connectivity index (χ3v) is 8.30. The van der Waals surface area contributed by atoms with E-state index in [1.54, 1.807) is 0 Å². The molecule has 2 heterocycles. The number of hydrogen-bond donors (Lipinski definition) is 1. The van der Waals surface area contributed by atoms with Crippen LogP contribution in [0.2, 0.25) is 0 Å². The van der Waals surface area contributed by atoms with E-state index in [4.69, 9.17) is 19.2 Å². The fraction of sp³-hybridized carbons (Fsp3) is 0.472. The summed E-state index contributed by atoms with van der Waals surface area (Å²) in [5, 5.41) is 11.7. The lowest BCUT2D eigenvalue weighted by Gasteiger charge is -2.37. The first-order valence-corrected chi connectivity index (χ1v) is 15.4. The molecule has 0 aromatic heterocycles.